The molecule has 1 fully saturated rings. The summed E-state index contributed by atoms with van der Waals surface area (Å²) in [7, 11) is 0. The van der Waals surface area contributed by atoms with Gasteiger partial charge in [0, 0.05) is 6.04 Å². The van der Waals surface area contributed by atoms with E-state index in [1.54, 1.807) is 18.2 Å². The molecule has 2 heterocycles. The van der Waals surface area contributed by atoms with Crippen LogP contribution in [0.1, 0.15) is 54.1 Å². The number of hydrogen-bond donors (Lipinski definition) is 1. The van der Waals surface area contributed by atoms with E-state index in [1.807, 2.05) is 36.4 Å². The van der Waals surface area contributed by atoms with Crippen molar-refractivity contribution in [2.75, 3.05) is 0 Å². The molecular formula is C24H23N3O4. The summed E-state index contributed by atoms with van der Waals surface area (Å²) in [6, 6.07) is 17.0. The number of nitrogens with zero attached hydrogens (tertiary/aromatic N) is 3. The minimum Gasteiger partial charge on any atom is -0.478 e. The van der Waals surface area contributed by atoms with E-state index < -0.39 is 5.97 Å². The molecule has 2 aromatic heterocycles. The summed E-state index contributed by atoms with van der Waals surface area (Å²) in [5.41, 5.74) is 2.82. The Morgan fingerprint density at radius 2 is 1.90 bits per heavy atom. The van der Waals surface area contributed by atoms with Crippen molar-refractivity contribution < 1.29 is 19.2 Å². The lowest BCUT2D eigenvalue weighted by atomic mass is 9.95. The lowest BCUT2D eigenvalue weighted by Crippen LogP contribution is -2.13. The van der Waals surface area contributed by atoms with Crippen LogP contribution in [0.2, 0.25) is 0 Å². The van der Waals surface area contributed by atoms with E-state index in [0.29, 0.717) is 35.6 Å². The standard InChI is InChI=1S/C24H23N3O4/c28-24(29)17-11-12-20-19(13-17)25-23(27(20)18-9-5-2-6-10-18)21-14-22(26-31-21)30-15-16-7-3-1-4-8-16/h1,3-4,7-8,11-14,18H,2,5-6,9-10,15H2,(H,28,29). The highest BCUT2D eigenvalue weighted by Crippen LogP contribution is 2.37. The molecule has 0 bridgehead atoms. The van der Waals surface area contributed by atoms with E-state index in [1.165, 1.54) is 19.3 Å². The molecule has 158 valence electrons. The number of carboxylic acids is 1. The number of aromatic nitrogens is 3. The first-order chi connectivity index (χ1) is 15.2. The van der Waals surface area contributed by atoms with Crippen LogP contribution in [0.4, 0.5) is 0 Å². The molecule has 1 N–H and O–H groups in total. The smallest absolute Gasteiger partial charge is 0.335 e. The highest BCUT2D eigenvalue weighted by Gasteiger charge is 2.25. The van der Waals surface area contributed by atoms with Gasteiger partial charge in [0.25, 0.3) is 5.88 Å². The number of carbonyl (C=O) groups is 1. The fourth-order valence-corrected chi connectivity index (χ4v) is 4.28. The second kappa shape index (κ2) is 8.26. The first-order valence-corrected chi connectivity index (χ1v) is 10.6. The van der Waals surface area contributed by atoms with Gasteiger partial charge in [0.05, 0.1) is 22.7 Å². The third-order valence-corrected chi connectivity index (χ3v) is 5.81. The number of hydrogen-bond acceptors (Lipinski definition) is 5. The zero-order valence-corrected chi connectivity index (χ0v) is 17.0. The third-order valence-electron chi connectivity index (χ3n) is 5.81. The van der Waals surface area contributed by atoms with E-state index in [0.717, 1.165) is 23.9 Å². The summed E-state index contributed by atoms with van der Waals surface area (Å²) in [5, 5.41) is 13.4. The molecule has 0 unspecified atom stereocenters. The number of imidazole rings is 1. The Balaban J connectivity index is 1.50. The second-order valence-electron chi connectivity index (χ2n) is 7.91. The van der Waals surface area contributed by atoms with Crippen molar-refractivity contribution in [3.8, 4) is 17.5 Å². The Bertz CT molecular complexity index is 1210. The number of fused-ring (bicyclic) bond motifs is 1. The minimum absolute atomic E-state index is 0.219. The van der Waals surface area contributed by atoms with E-state index >= 15 is 0 Å². The van der Waals surface area contributed by atoms with Crippen molar-refractivity contribution in [1.29, 1.82) is 0 Å². The molecule has 4 aromatic rings. The number of ether oxygens (including phenoxy) is 1. The summed E-state index contributed by atoms with van der Waals surface area (Å²) in [4.78, 5) is 16.2. The molecular weight excluding hydrogens is 394 g/mol. The molecule has 31 heavy (non-hydrogen) atoms. The first kappa shape index (κ1) is 19.4. The van der Waals surface area contributed by atoms with Crippen LogP contribution in [0.5, 0.6) is 5.88 Å². The van der Waals surface area contributed by atoms with Crippen molar-refractivity contribution in [2.45, 2.75) is 44.8 Å². The molecule has 5 rings (SSSR count). The van der Waals surface area contributed by atoms with Gasteiger partial charge in [-0.15, -0.1) is 0 Å². The summed E-state index contributed by atoms with van der Waals surface area (Å²) in [6.07, 6.45) is 5.69. The van der Waals surface area contributed by atoms with Gasteiger partial charge in [-0.05, 0) is 41.8 Å². The van der Waals surface area contributed by atoms with Crippen LogP contribution in [0.3, 0.4) is 0 Å². The molecule has 0 radical (unpaired) electrons. The second-order valence-corrected chi connectivity index (χ2v) is 7.91. The lowest BCUT2D eigenvalue weighted by molar-refractivity contribution is 0.0697. The fraction of sp³-hybridized carbons (Fsp3) is 0.292. The predicted molar refractivity (Wildman–Crippen MR) is 115 cm³/mol. The maximum Gasteiger partial charge on any atom is 0.335 e. The van der Waals surface area contributed by atoms with Gasteiger partial charge in [0.15, 0.2) is 5.82 Å². The molecule has 1 saturated carbocycles. The third kappa shape index (κ3) is 3.91. The van der Waals surface area contributed by atoms with Crippen molar-refractivity contribution >= 4 is 17.0 Å². The van der Waals surface area contributed by atoms with Crippen LogP contribution in [-0.4, -0.2) is 25.8 Å². The largest absolute Gasteiger partial charge is 0.478 e. The summed E-state index contributed by atoms with van der Waals surface area (Å²) in [6.45, 7) is 0.397. The maximum absolute atomic E-state index is 11.4. The Morgan fingerprint density at radius 3 is 2.68 bits per heavy atom. The predicted octanol–water partition coefficient (Wildman–Crippen LogP) is 5.47. The molecule has 0 spiro atoms. The molecule has 1 aliphatic carbocycles. The average molecular weight is 417 g/mol. The minimum atomic E-state index is -0.966. The van der Waals surface area contributed by atoms with Crippen LogP contribution in [-0.2, 0) is 6.61 Å². The first-order valence-electron chi connectivity index (χ1n) is 10.6. The number of aromatic carboxylic acids is 1. The summed E-state index contributed by atoms with van der Waals surface area (Å²) >= 11 is 0. The van der Waals surface area contributed by atoms with Crippen LogP contribution in [0, 0.1) is 0 Å². The Morgan fingerprint density at radius 1 is 1.10 bits per heavy atom. The highest BCUT2D eigenvalue weighted by molar-refractivity contribution is 5.93. The van der Waals surface area contributed by atoms with Gasteiger partial charge >= 0.3 is 5.97 Å². The topological polar surface area (TPSA) is 90.4 Å². The molecule has 7 heteroatoms. The normalized spacial score (nSPS) is 14.7. The zero-order valence-electron chi connectivity index (χ0n) is 17.0. The fourth-order valence-electron chi connectivity index (χ4n) is 4.28. The Kier molecular flexibility index (Phi) is 5.16. The zero-order chi connectivity index (χ0) is 21.2. The van der Waals surface area contributed by atoms with Gasteiger partial charge in [0.1, 0.15) is 6.61 Å². The van der Waals surface area contributed by atoms with Gasteiger partial charge in [-0.1, -0.05) is 49.6 Å². The molecule has 0 aliphatic heterocycles. The van der Waals surface area contributed by atoms with Crippen molar-refractivity contribution in [3.05, 3.63) is 65.7 Å². The molecule has 7 nitrogen and oxygen atoms in total. The quantitative estimate of drug-likeness (QED) is 0.447. The lowest BCUT2D eigenvalue weighted by Gasteiger charge is -2.25. The van der Waals surface area contributed by atoms with Gasteiger partial charge in [-0.2, -0.15) is 0 Å². The number of carboxylic acid groups (broad SMARTS) is 1. The van der Waals surface area contributed by atoms with Gasteiger partial charge in [-0.25, -0.2) is 9.78 Å². The molecule has 0 atom stereocenters. The van der Waals surface area contributed by atoms with E-state index in [2.05, 4.69) is 9.72 Å². The van der Waals surface area contributed by atoms with Crippen LogP contribution >= 0.6 is 0 Å². The molecule has 0 amide bonds. The Hall–Kier alpha value is -3.61. The highest BCUT2D eigenvalue weighted by atomic mass is 16.5. The van der Waals surface area contributed by atoms with Crippen molar-refractivity contribution in [2.24, 2.45) is 0 Å². The monoisotopic (exact) mass is 417 g/mol. The molecule has 2 aromatic carbocycles. The molecule has 0 saturated heterocycles. The summed E-state index contributed by atoms with van der Waals surface area (Å²) < 4.78 is 13.6. The number of benzene rings is 2. The maximum atomic E-state index is 11.4. The average Bonchev–Trinajstić information content (AvgIpc) is 3.43. The summed E-state index contributed by atoms with van der Waals surface area (Å²) in [5.74, 6) is 0.604. The van der Waals surface area contributed by atoms with Gasteiger partial charge < -0.3 is 18.9 Å². The van der Waals surface area contributed by atoms with Gasteiger partial charge in [-0.3, -0.25) is 0 Å². The SMILES string of the molecule is O=C(O)c1ccc2c(c1)nc(-c1cc(OCc3ccccc3)no1)n2C1CCCCC1. The van der Waals surface area contributed by atoms with Crippen molar-refractivity contribution in [3.63, 3.8) is 0 Å². The van der Waals surface area contributed by atoms with E-state index in [4.69, 9.17) is 14.2 Å². The Labute approximate surface area is 179 Å². The van der Waals surface area contributed by atoms with Crippen LogP contribution in [0.15, 0.2) is 59.1 Å². The van der Waals surface area contributed by atoms with Crippen LogP contribution < -0.4 is 4.74 Å². The van der Waals surface area contributed by atoms with E-state index in [-0.39, 0.29) is 5.56 Å². The van der Waals surface area contributed by atoms with Crippen LogP contribution in [0.25, 0.3) is 22.6 Å². The number of rotatable bonds is 6. The van der Waals surface area contributed by atoms with E-state index in [9.17, 15) is 9.90 Å². The van der Waals surface area contributed by atoms with Crippen molar-refractivity contribution in [1.82, 2.24) is 14.7 Å². The molecule has 1 aliphatic rings. The van der Waals surface area contributed by atoms with Gasteiger partial charge in [0.2, 0.25) is 5.76 Å².